The van der Waals surface area contributed by atoms with Crippen LogP contribution >= 0.6 is 0 Å². The molecular weight excluding hydrogens is 869 g/mol. The minimum Gasteiger partial charge on any atom is -0.310 e. The fourth-order valence-corrected chi connectivity index (χ4v) is 10.5. The summed E-state index contributed by atoms with van der Waals surface area (Å²) in [5.74, 6) is 0. The molecule has 2 heteroatoms. The van der Waals surface area contributed by atoms with Crippen molar-refractivity contribution < 1.29 is 0 Å². The lowest BCUT2D eigenvalue weighted by Gasteiger charge is -2.29. The maximum atomic E-state index is 2.45. The van der Waals surface area contributed by atoms with Gasteiger partial charge < -0.3 is 9.80 Å². The number of hydrogen-bond acceptors (Lipinski definition) is 2. The Labute approximate surface area is 426 Å². The third-order valence-corrected chi connectivity index (χ3v) is 14.2. The second-order valence-corrected chi connectivity index (χ2v) is 21.0. The van der Waals surface area contributed by atoms with E-state index in [0.717, 1.165) is 34.1 Å². The number of anilines is 6. The first kappa shape index (κ1) is 46.0. The van der Waals surface area contributed by atoms with Crippen LogP contribution in [0.3, 0.4) is 0 Å². The topological polar surface area (TPSA) is 6.48 Å². The van der Waals surface area contributed by atoms with Crippen molar-refractivity contribution in [1.29, 1.82) is 0 Å². The predicted octanol–water partition coefficient (Wildman–Crippen LogP) is 20.2. The molecule has 350 valence electrons. The van der Waals surface area contributed by atoms with Crippen LogP contribution in [0.25, 0.3) is 66.1 Å². The van der Waals surface area contributed by atoms with Crippen molar-refractivity contribution in [2.24, 2.45) is 0 Å². The summed E-state index contributed by atoms with van der Waals surface area (Å²) in [4.78, 5) is 4.82. The van der Waals surface area contributed by atoms with E-state index in [4.69, 9.17) is 0 Å². The highest BCUT2D eigenvalue weighted by Crippen LogP contribution is 2.51. The molecule has 2 nitrogen and oxygen atoms in total. The lowest BCUT2D eigenvalue weighted by atomic mass is 9.82. The van der Waals surface area contributed by atoms with E-state index in [1.165, 1.54) is 77.2 Å². The lowest BCUT2D eigenvalue weighted by molar-refractivity contribution is 0.590. The number of hydrogen-bond donors (Lipinski definition) is 0. The van der Waals surface area contributed by atoms with Crippen LogP contribution in [0.15, 0.2) is 255 Å². The molecule has 11 rings (SSSR count). The van der Waals surface area contributed by atoms with Gasteiger partial charge in [0.1, 0.15) is 0 Å². The lowest BCUT2D eigenvalue weighted by Crippen LogP contribution is -2.13. The summed E-state index contributed by atoms with van der Waals surface area (Å²) in [6.07, 6.45) is 0. The summed E-state index contributed by atoms with van der Waals surface area (Å²) in [7, 11) is 0. The highest BCUT2D eigenvalue weighted by Gasteiger charge is 2.25. The Morgan fingerprint density at radius 1 is 0.236 bits per heavy atom. The van der Waals surface area contributed by atoms with Crippen molar-refractivity contribution in [3.05, 3.63) is 266 Å². The van der Waals surface area contributed by atoms with Crippen LogP contribution in [0.4, 0.5) is 34.1 Å². The average molecular weight is 929 g/mol. The smallest absolute Gasteiger partial charge is 0.0468 e. The first-order valence-corrected chi connectivity index (χ1v) is 25.3. The van der Waals surface area contributed by atoms with E-state index in [1.807, 2.05) is 0 Å². The van der Waals surface area contributed by atoms with E-state index in [9.17, 15) is 0 Å². The molecule has 0 aromatic heterocycles. The quantitative estimate of drug-likeness (QED) is 0.126. The van der Waals surface area contributed by atoms with E-state index in [0.29, 0.717) is 0 Å². The zero-order chi connectivity index (χ0) is 49.4. The van der Waals surface area contributed by atoms with E-state index in [-0.39, 0.29) is 10.8 Å². The molecule has 0 aliphatic rings. The van der Waals surface area contributed by atoms with Crippen molar-refractivity contribution >= 4 is 55.7 Å². The monoisotopic (exact) mass is 928 g/mol. The van der Waals surface area contributed by atoms with Crippen LogP contribution in [0, 0.1) is 0 Å². The van der Waals surface area contributed by atoms with Gasteiger partial charge in [-0.25, -0.2) is 0 Å². The average Bonchev–Trinajstić information content (AvgIpc) is 3.41. The molecule has 0 heterocycles. The summed E-state index contributed by atoms with van der Waals surface area (Å²) in [6.45, 7) is 13.7. The molecule has 0 saturated carbocycles. The van der Waals surface area contributed by atoms with Gasteiger partial charge in [-0.2, -0.15) is 0 Å². The summed E-state index contributed by atoms with van der Waals surface area (Å²) < 4.78 is 0. The Morgan fingerprint density at radius 2 is 0.514 bits per heavy atom. The van der Waals surface area contributed by atoms with Crippen molar-refractivity contribution in [2.45, 2.75) is 52.4 Å². The molecule has 0 atom stereocenters. The first-order chi connectivity index (χ1) is 35.0. The summed E-state index contributed by atoms with van der Waals surface area (Å²) in [5.41, 5.74) is 18.8. The van der Waals surface area contributed by atoms with Gasteiger partial charge in [0.15, 0.2) is 0 Å². The largest absolute Gasteiger partial charge is 0.310 e. The Kier molecular flexibility index (Phi) is 12.2. The van der Waals surface area contributed by atoms with Crippen LogP contribution in [0.5, 0.6) is 0 Å². The Morgan fingerprint density at radius 3 is 0.847 bits per heavy atom. The van der Waals surface area contributed by atoms with E-state index >= 15 is 0 Å². The van der Waals surface area contributed by atoms with E-state index in [1.54, 1.807) is 0 Å². The van der Waals surface area contributed by atoms with Gasteiger partial charge >= 0.3 is 0 Å². The second kappa shape index (κ2) is 19.0. The molecule has 0 radical (unpaired) electrons. The van der Waals surface area contributed by atoms with Crippen molar-refractivity contribution in [3.8, 4) is 44.5 Å². The van der Waals surface area contributed by atoms with Crippen LogP contribution < -0.4 is 9.80 Å². The molecule has 0 unspecified atom stereocenters. The van der Waals surface area contributed by atoms with Crippen molar-refractivity contribution in [1.82, 2.24) is 0 Å². The summed E-state index contributed by atoms with van der Waals surface area (Å²) in [5, 5.41) is 4.72. The molecule has 0 N–H and O–H groups in total. The van der Waals surface area contributed by atoms with Gasteiger partial charge in [-0.05, 0) is 161 Å². The fraction of sp³-hybridized carbons (Fsp3) is 0.114. The van der Waals surface area contributed by atoms with Crippen LogP contribution in [0.2, 0.25) is 0 Å². The third-order valence-electron chi connectivity index (χ3n) is 14.2. The molecule has 0 saturated heterocycles. The first-order valence-electron chi connectivity index (χ1n) is 25.3. The fourth-order valence-electron chi connectivity index (χ4n) is 10.5. The maximum absolute atomic E-state index is 2.45. The standard InChI is InChI=1S/C70H60N2/c1-69(2,3)51-35-39-55(40-36-51)71(53-27-15-9-16-28-53)57-43-45-63-65(47-57)67(61-33-21-19-31-59(61)49-23-11-7-12-24-49)64-46-44-58(48-66(64)68(63)62-34-22-20-32-60(62)50-25-13-8-14-26-50)72(54-29-17-10-18-30-54)56-41-37-52(38-42-56)70(4,5)6/h7-48H,1-6H3. The van der Waals surface area contributed by atoms with Crippen LogP contribution in [-0.2, 0) is 10.8 Å². The van der Waals surface area contributed by atoms with Gasteiger partial charge in [0.25, 0.3) is 0 Å². The van der Waals surface area contributed by atoms with Crippen LogP contribution in [-0.4, -0.2) is 0 Å². The zero-order valence-corrected chi connectivity index (χ0v) is 42.1. The predicted molar refractivity (Wildman–Crippen MR) is 310 cm³/mol. The van der Waals surface area contributed by atoms with Crippen LogP contribution in [0.1, 0.15) is 52.7 Å². The molecule has 0 bridgehead atoms. The SMILES string of the molecule is CC(C)(C)c1ccc(N(c2ccccc2)c2ccc3c(-c4ccccc4-c4ccccc4)c4cc(N(c5ccccc5)c5ccc(C(C)(C)C)cc5)ccc4c(-c4ccccc4-c4ccccc4)c3c2)cc1. The Hall–Kier alpha value is -8.46. The van der Waals surface area contributed by atoms with Gasteiger partial charge in [0, 0.05) is 34.1 Å². The van der Waals surface area contributed by atoms with Gasteiger partial charge in [0.2, 0.25) is 0 Å². The third kappa shape index (κ3) is 8.86. The molecule has 0 aliphatic carbocycles. The van der Waals surface area contributed by atoms with Crippen molar-refractivity contribution in [3.63, 3.8) is 0 Å². The van der Waals surface area contributed by atoms with Gasteiger partial charge in [-0.3, -0.25) is 0 Å². The second-order valence-electron chi connectivity index (χ2n) is 21.0. The molecule has 11 aromatic carbocycles. The number of rotatable bonds is 10. The zero-order valence-electron chi connectivity index (χ0n) is 42.1. The number of benzene rings is 11. The van der Waals surface area contributed by atoms with E-state index < -0.39 is 0 Å². The molecule has 11 aromatic rings. The number of fused-ring (bicyclic) bond motifs is 2. The highest BCUT2D eigenvalue weighted by molar-refractivity contribution is 6.24. The van der Waals surface area contributed by atoms with Gasteiger partial charge in [-0.15, -0.1) is 0 Å². The molecule has 72 heavy (non-hydrogen) atoms. The minimum absolute atomic E-state index is 0.0302. The maximum Gasteiger partial charge on any atom is 0.0468 e. The highest BCUT2D eigenvalue weighted by atomic mass is 15.1. The van der Waals surface area contributed by atoms with Gasteiger partial charge in [0.05, 0.1) is 0 Å². The molecule has 0 spiro atoms. The number of nitrogens with zero attached hydrogens (tertiary/aromatic N) is 2. The Bertz CT molecular complexity index is 3410. The minimum atomic E-state index is 0.0302. The number of para-hydroxylation sites is 2. The van der Waals surface area contributed by atoms with Gasteiger partial charge in [-0.1, -0.05) is 224 Å². The Balaban J connectivity index is 1.27. The molecule has 0 fully saturated rings. The molecular formula is C70H60N2. The molecule has 0 amide bonds. The van der Waals surface area contributed by atoms with E-state index in [2.05, 4.69) is 306 Å². The molecule has 0 aliphatic heterocycles. The van der Waals surface area contributed by atoms with Crippen molar-refractivity contribution in [2.75, 3.05) is 9.80 Å². The normalized spacial score (nSPS) is 11.8. The summed E-state index contributed by atoms with van der Waals surface area (Å²) in [6, 6.07) is 93.9. The summed E-state index contributed by atoms with van der Waals surface area (Å²) >= 11 is 0.